The lowest BCUT2D eigenvalue weighted by atomic mass is 9.93. The lowest BCUT2D eigenvalue weighted by molar-refractivity contribution is -0.134. The van der Waals surface area contributed by atoms with E-state index in [0.29, 0.717) is 6.54 Å². The lowest BCUT2D eigenvalue weighted by Crippen LogP contribution is -2.52. The maximum absolute atomic E-state index is 11.8. The summed E-state index contributed by atoms with van der Waals surface area (Å²) in [4.78, 5) is 10.5. The fraction of sp³-hybridized carbons (Fsp3) is 0.889. The van der Waals surface area contributed by atoms with Crippen molar-refractivity contribution in [3.8, 4) is 0 Å². The minimum Gasteiger partial charge on any atom is -0.480 e. The SMILES string of the molecule is CC1CCCN(S(=O)(=O)CC(=O)O)C1CN. The molecule has 0 aromatic rings. The summed E-state index contributed by atoms with van der Waals surface area (Å²) < 4.78 is 24.9. The van der Waals surface area contributed by atoms with Crippen molar-refractivity contribution in [1.82, 2.24) is 4.31 Å². The molecule has 0 bridgehead atoms. The monoisotopic (exact) mass is 250 g/mol. The maximum Gasteiger partial charge on any atom is 0.320 e. The molecule has 0 saturated carbocycles. The summed E-state index contributed by atoms with van der Waals surface area (Å²) in [6.07, 6.45) is 1.69. The Balaban J connectivity index is 2.88. The Bertz CT molecular complexity index is 355. The molecular weight excluding hydrogens is 232 g/mol. The van der Waals surface area contributed by atoms with Crippen LogP contribution in [-0.4, -0.2) is 48.7 Å². The molecule has 1 aliphatic rings. The number of aliphatic carboxylic acids is 1. The van der Waals surface area contributed by atoms with Crippen molar-refractivity contribution in [2.45, 2.75) is 25.8 Å². The van der Waals surface area contributed by atoms with Gasteiger partial charge in [-0.2, -0.15) is 4.31 Å². The highest BCUT2D eigenvalue weighted by atomic mass is 32.2. The van der Waals surface area contributed by atoms with Crippen molar-refractivity contribution in [2.75, 3.05) is 18.8 Å². The highest BCUT2D eigenvalue weighted by Gasteiger charge is 2.36. The molecule has 94 valence electrons. The third-order valence-electron chi connectivity index (χ3n) is 2.97. The van der Waals surface area contributed by atoms with Crippen LogP contribution in [0.2, 0.25) is 0 Å². The van der Waals surface area contributed by atoms with Crippen LogP contribution in [0.5, 0.6) is 0 Å². The van der Waals surface area contributed by atoms with Gasteiger partial charge in [0.2, 0.25) is 10.0 Å². The zero-order valence-corrected chi connectivity index (χ0v) is 10.1. The molecule has 1 fully saturated rings. The zero-order valence-electron chi connectivity index (χ0n) is 9.30. The molecule has 7 heteroatoms. The number of hydrogen-bond donors (Lipinski definition) is 2. The van der Waals surface area contributed by atoms with E-state index in [1.807, 2.05) is 6.92 Å². The molecule has 0 spiro atoms. The molecule has 0 aromatic carbocycles. The molecule has 0 amide bonds. The first kappa shape index (κ1) is 13.4. The van der Waals surface area contributed by atoms with Crippen LogP contribution < -0.4 is 5.73 Å². The van der Waals surface area contributed by atoms with E-state index in [1.165, 1.54) is 4.31 Å². The third-order valence-corrected chi connectivity index (χ3v) is 4.75. The molecule has 1 rings (SSSR count). The van der Waals surface area contributed by atoms with Gasteiger partial charge in [-0.1, -0.05) is 6.92 Å². The average molecular weight is 250 g/mol. The normalized spacial score (nSPS) is 27.9. The van der Waals surface area contributed by atoms with Crippen LogP contribution in [0.15, 0.2) is 0 Å². The van der Waals surface area contributed by atoms with E-state index in [2.05, 4.69) is 0 Å². The quantitative estimate of drug-likeness (QED) is 0.698. The van der Waals surface area contributed by atoms with Crippen LogP contribution in [0.3, 0.4) is 0 Å². The van der Waals surface area contributed by atoms with Gasteiger partial charge in [0.25, 0.3) is 0 Å². The van der Waals surface area contributed by atoms with Crippen molar-refractivity contribution >= 4 is 16.0 Å². The summed E-state index contributed by atoms with van der Waals surface area (Å²) in [5.41, 5.74) is 5.56. The van der Waals surface area contributed by atoms with Gasteiger partial charge in [-0.15, -0.1) is 0 Å². The molecule has 1 saturated heterocycles. The second kappa shape index (κ2) is 5.11. The van der Waals surface area contributed by atoms with Crippen molar-refractivity contribution in [1.29, 1.82) is 0 Å². The van der Waals surface area contributed by atoms with E-state index < -0.39 is 21.7 Å². The van der Waals surface area contributed by atoms with Crippen LogP contribution >= 0.6 is 0 Å². The van der Waals surface area contributed by atoms with Crippen LogP contribution in [0.1, 0.15) is 19.8 Å². The summed E-state index contributed by atoms with van der Waals surface area (Å²) in [5.74, 6) is -1.99. The Labute approximate surface area is 95.5 Å². The molecule has 0 aliphatic carbocycles. The van der Waals surface area contributed by atoms with E-state index in [4.69, 9.17) is 10.8 Å². The van der Waals surface area contributed by atoms with Gasteiger partial charge in [-0.3, -0.25) is 4.79 Å². The van der Waals surface area contributed by atoms with Gasteiger partial charge in [0.1, 0.15) is 0 Å². The molecule has 6 nitrogen and oxygen atoms in total. The number of hydrogen-bond acceptors (Lipinski definition) is 4. The number of carboxylic acids is 1. The molecule has 1 aliphatic heterocycles. The lowest BCUT2D eigenvalue weighted by Gasteiger charge is -2.37. The van der Waals surface area contributed by atoms with Crippen molar-refractivity contribution in [2.24, 2.45) is 11.7 Å². The third kappa shape index (κ3) is 2.93. The number of piperidine rings is 1. The number of rotatable bonds is 4. The van der Waals surface area contributed by atoms with Gasteiger partial charge in [0.15, 0.2) is 5.75 Å². The Morgan fingerprint density at radius 3 is 2.69 bits per heavy atom. The molecule has 3 N–H and O–H groups in total. The van der Waals surface area contributed by atoms with Gasteiger partial charge >= 0.3 is 5.97 Å². The van der Waals surface area contributed by atoms with E-state index in [1.54, 1.807) is 0 Å². The molecule has 0 radical (unpaired) electrons. The smallest absolute Gasteiger partial charge is 0.320 e. The number of nitrogens with zero attached hydrogens (tertiary/aromatic N) is 1. The van der Waals surface area contributed by atoms with Gasteiger partial charge in [-0.05, 0) is 18.8 Å². The summed E-state index contributed by atoms with van der Waals surface area (Å²) in [7, 11) is -3.72. The van der Waals surface area contributed by atoms with Gasteiger partial charge in [0, 0.05) is 19.1 Å². The van der Waals surface area contributed by atoms with E-state index in [9.17, 15) is 13.2 Å². The average Bonchev–Trinajstić information content (AvgIpc) is 2.15. The van der Waals surface area contributed by atoms with Crippen LogP contribution in [0.25, 0.3) is 0 Å². The van der Waals surface area contributed by atoms with E-state index >= 15 is 0 Å². The second-order valence-corrected chi connectivity index (χ2v) is 6.10. The number of nitrogens with two attached hydrogens (primary N) is 1. The summed E-state index contributed by atoms with van der Waals surface area (Å²) in [6, 6.07) is -0.266. The van der Waals surface area contributed by atoms with Crippen molar-refractivity contribution < 1.29 is 18.3 Å². The van der Waals surface area contributed by atoms with E-state index in [-0.39, 0.29) is 18.5 Å². The highest BCUT2D eigenvalue weighted by Crippen LogP contribution is 2.25. The number of carbonyl (C=O) groups is 1. The topological polar surface area (TPSA) is 101 Å². The Morgan fingerprint density at radius 2 is 2.19 bits per heavy atom. The largest absolute Gasteiger partial charge is 0.480 e. The standard InChI is InChI=1S/C9H18N2O4S/c1-7-3-2-4-11(8(7)5-10)16(14,15)6-9(12)13/h7-8H,2-6,10H2,1H3,(H,12,13). The van der Waals surface area contributed by atoms with Gasteiger partial charge in [0.05, 0.1) is 0 Å². The minimum atomic E-state index is -3.72. The van der Waals surface area contributed by atoms with Crippen LogP contribution in [0, 0.1) is 5.92 Å². The summed E-state index contributed by atoms with van der Waals surface area (Å²) in [6.45, 7) is 2.56. The summed E-state index contributed by atoms with van der Waals surface area (Å²) in [5, 5.41) is 8.57. The summed E-state index contributed by atoms with van der Waals surface area (Å²) >= 11 is 0. The van der Waals surface area contributed by atoms with Crippen LogP contribution in [-0.2, 0) is 14.8 Å². The maximum atomic E-state index is 11.8. The first-order valence-electron chi connectivity index (χ1n) is 5.30. The zero-order chi connectivity index (χ0) is 12.3. The Morgan fingerprint density at radius 1 is 1.56 bits per heavy atom. The van der Waals surface area contributed by atoms with Crippen LogP contribution in [0.4, 0.5) is 0 Å². The highest BCUT2D eigenvalue weighted by molar-refractivity contribution is 7.89. The molecule has 0 aromatic heterocycles. The molecule has 2 unspecified atom stereocenters. The van der Waals surface area contributed by atoms with E-state index in [0.717, 1.165) is 12.8 Å². The van der Waals surface area contributed by atoms with Crippen molar-refractivity contribution in [3.63, 3.8) is 0 Å². The fourth-order valence-corrected chi connectivity index (χ4v) is 3.74. The predicted molar refractivity (Wildman–Crippen MR) is 59.4 cm³/mol. The number of carboxylic acid groups (broad SMARTS) is 1. The fourth-order valence-electron chi connectivity index (χ4n) is 2.15. The molecule has 16 heavy (non-hydrogen) atoms. The first-order valence-corrected chi connectivity index (χ1v) is 6.90. The molecule has 2 atom stereocenters. The number of sulfonamides is 1. The minimum absolute atomic E-state index is 0.183. The predicted octanol–water partition coefficient (Wildman–Crippen LogP) is -0.540. The van der Waals surface area contributed by atoms with Gasteiger partial charge < -0.3 is 10.8 Å². The second-order valence-electron chi connectivity index (χ2n) is 4.18. The van der Waals surface area contributed by atoms with Gasteiger partial charge in [-0.25, -0.2) is 8.42 Å². The molecular formula is C9H18N2O4S. The van der Waals surface area contributed by atoms with Crippen molar-refractivity contribution in [3.05, 3.63) is 0 Å². The Hall–Kier alpha value is -0.660. The first-order chi connectivity index (χ1) is 7.38. The Kier molecular flexibility index (Phi) is 4.28. The molecule has 1 heterocycles.